The minimum Gasteiger partial charge on any atom is -0.481 e. The van der Waals surface area contributed by atoms with Crippen molar-refractivity contribution in [3.8, 4) is 0 Å². The minimum absolute atomic E-state index is 0.416. The van der Waals surface area contributed by atoms with Crippen molar-refractivity contribution in [2.45, 2.75) is 38.5 Å². The van der Waals surface area contributed by atoms with Crippen molar-refractivity contribution in [3.63, 3.8) is 0 Å². The summed E-state index contributed by atoms with van der Waals surface area (Å²) in [5.74, 6) is 0.506. The monoisotopic (exact) mass is 256 g/mol. The Kier molecular flexibility index (Phi) is 4.62. The summed E-state index contributed by atoms with van der Waals surface area (Å²) in [4.78, 5) is 11.6. The van der Waals surface area contributed by atoms with Gasteiger partial charge in [0.25, 0.3) is 0 Å². The first-order valence-corrected chi connectivity index (χ1v) is 6.99. The van der Waals surface area contributed by atoms with Crippen LogP contribution in [-0.2, 0) is 14.3 Å². The van der Waals surface area contributed by atoms with Crippen LogP contribution in [0.5, 0.6) is 0 Å². The summed E-state index contributed by atoms with van der Waals surface area (Å²) < 4.78 is 10.3. The third-order valence-corrected chi connectivity index (χ3v) is 4.74. The molecule has 1 N–H and O–H groups in total. The van der Waals surface area contributed by atoms with E-state index in [4.69, 9.17) is 9.47 Å². The second-order valence-corrected chi connectivity index (χ2v) is 5.75. The molecule has 0 amide bonds. The SMILES string of the molecule is COCCOCCCC1(C(=O)O)CC2CCC1C2. The zero-order chi connectivity index (χ0) is 13.0. The first kappa shape index (κ1) is 13.8. The van der Waals surface area contributed by atoms with Crippen molar-refractivity contribution in [2.24, 2.45) is 17.3 Å². The van der Waals surface area contributed by atoms with Gasteiger partial charge in [-0.2, -0.15) is 0 Å². The number of methoxy groups -OCH3 is 1. The Labute approximate surface area is 109 Å². The second kappa shape index (κ2) is 6.02. The van der Waals surface area contributed by atoms with Gasteiger partial charge in [0.15, 0.2) is 0 Å². The van der Waals surface area contributed by atoms with Gasteiger partial charge in [-0.1, -0.05) is 6.42 Å². The van der Waals surface area contributed by atoms with E-state index in [1.807, 2.05) is 0 Å². The molecule has 3 unspecified atom stereocenters. The third-order valence-electron chi connectivity index (χ3n) is 4.74. The second-order valence-electron chi connectivity index (χ2n) is 5.75. The van der Waals surface area contributed by atoms with Crippen LogP contribution < -0.4 is 0 Å². The van der Waals surface area contributed by atoms with Crippen molar-refractivity contribution in [1.82, 2.24) is 0 Å². The lowest BCUT2D eigenvalue weighted by Gasteiger charge is -2.33. The first-order chi connectivity index (χ1) is 8.69. The Morgan fingerprint density at radius 2 is 2.17 bits per heavy atom. The smallest absolute Gasteiger partial charge is 0.309 e. The summed E-state index contributed by atoms with van der Waals surface area (Å²) >= 11 is 0. The average molecular weight is 256 g/mol. The normalized spacial score (nSPS) is 34.1. The summed E-state index contributed by atoms with van der Waals surface area (Å²) in [6, 6.07) is 0. The van der Waals surface area contributed by atoms with E-state index in [1.165, 1.54) is 6.42 Å². The highest BCUT2D eigenvalue weighted by atomic mass is 16.5. The van der Waals surface area contributed by atoms with E-state index in [9.17, 15) is 9.90 Å². The van der Waals surface area contributed by atoms with Crippen LogP contribution in [0.2, 0.25) is 0 Å². The Hall–Kier alpha value is -0.610. The van der Waals surface area contributed by atoms with E-state index in [2.05, 4.69) is 0 Å². The summed E-state index contributed by atoms with van der Waals surface area (Å²) in [6.07, 6.45) is 6.00. The standard InChI is InChI=1S/C14H24O4/c1-17-7-8-18-6-2-5-14(13(15)16)10-11-3-4-12(14)9-11/h11-12H,2-10H2,1H3,(H,15,16). The highest BCUT2D eigenvalue weighted by Crippen LogP contribution is 2.58. The Bertz CT molecular complexity index is 292. The van der Waals surface area contributed by atoms with Crippen LogP contribution in [0.1, 0.15) is 38.5 Å². The molecular weight excluding hydrogens is 232 g/mol. The summed E-state index contributed by atoms with van der Waals surface area (Å²) in [6.45, 7) is 1.85. The van der Waals surface area contributed by atoms with Crippen LogP contribution in [-0.4, -0.2) is 38.0 Å². The molecule has 2 aliphatic carbocycles. The molecule has 0 aromatic heterocycles. The van der Waals surface area contributed by atoms with E-state index in [0.717, 1.165) is 32.1 Å². The van der Waals surface area contributed by atoms with E-state index in [-0.39, 0.29) is 0 Å². The van der Waals surface area contributed by atoms with E-state index in [0.29, 0.717) is 31.7 Å². The lowest BCUT2D eigenvalue weighted by molar-refractivity contribution is -0.153. The number of hydrogen-bond acceptors (Lipinski definition) is 3. The van der Waals surface area contributed by atoms with Crippen LogP contribution in [0.4, 0.5) is 0 Å². The molecule has 4 heteroatoms. The van der Waals surface area contributed by atoms with Gasteiger partial charge in [0.05, 0.1) is 18.6 Å². The van der Waals surface area contributed by atoms with Gasteiger partial charge in [0.1, 0.15) is 0 Å². The molecule has 0 heterocycles. The number of carboxylic acids is 1. The maximum absolute atomic E-state index is 11.6. The van der Waals surface area contributed by atoms with Crippen molar-refractivity contribution in [3.05, 3.63) is 0 Å². The number of aliphatic carboxylic acids is 1. The predicted molar refractivity (Wildman–Crippen MR) is 67.4 cm³/mol. The molecule has 4 nitrogen and oxygen atoms in total. The molecule has 3 atom stereocenters. The third kappa shape index (κ3) is 2.69. The number of ether oxygens (including phenoxy) is 2. The van der Waals surface area contributed by atoms with Gasteiger partial charge in [0.2, 0.25) is 0 Å². The van der Waals surface area contributed by atoms with Crippen LogP contribution in [0.15, 0.2) is 0 Å². The molecule has 104 valence electrons. The molecule has 2 fully saturated rings. The maximum Gasteiger partial charge on any atom is 0.309 e. The van der Waals surface area contributed by atoms with E-state index < -0.39 is 11.4 Å². The van der Waals surface area contributed by atoms with Gasteiger partial charge >= 0.3 is 5.97 Å². The van der Waals surface area contributed by atoms with Gasteiger partial charge < -0.3 is 14.6 Å². The van der Waals surface area contributed by atoms with Gasteiger partial charge in [-0.05, 0) is 43.9 Å². The predicted octanol–water partition coefficient (Wildman–Crippen LogP) is 2.32. The van der Waals surface area contributed by atoms with E-state index in [1.54, 1.807) is 7.11 Å². The summed E-state index contributed by atoms with van der Waals surface area (Å²) in [5, 5.41) is 9.57. The molecule has 0 spiro atoms. The molecule has 0 aliphatic heterocycles. The minimum atomic E-state index is -0.577. The largest absolute Gasteiger partial charge is 0.481 e. The van der Waals surface area contributed by atoms with Crippen LogP contribution in [0.3, 0.4) is 0 Å². The molecule has 2 saturated carbocycles. The molecule has 2 aliphatic rings. The highest BCUT2D eigenvalue weighted by Gasteiger charge is 2.55. The van der Waals surface area contributed by atoms with Crippen molar-refractivity contribution in [1.29, 1.82) is 0 Å². The number of carbonyl (C=O) groups is 1. The first-order valence-electron chi connectivity index (χ1n) is 6.99. The van der Waals surface area contributed by atoms with Crippen LogP contribution >= 0.6 is 0 Å². The van der Waals surface area contributed by atoms with E-state index >= 15 is 0 Å². The molecular formula is C14H24O4. The Balaban J connectivity index is 1.76. The fraction of sp³-hybridized carbons (Fsp3) is 0.929. The van der Waals surface area contributed by atoms with Crippen molar-refractivity contribution < 1.29 is 19.4 Å². The topological polar surface area (TPSA) is 55.8 Å². The molecule has 0 saturated heterocycles. The lowest BCUT2D eigenvalue weighted by atomic mass is 9.70. The van der Waals surface area contributed by atoms with Gasteiger partial charge in [-0.15, -0.1) is 0 Å². The summed E-state index contributed by atoms with van der Waals surface area (Å²) in [7, 11) is 1.65. The molecule has 2 rings (SSSR count). The molecule has 18 heavy (non-hydrogen) atoms. The van der Waals surface area contributed by atoms with Crippen molar-refractivity contribution >= 4 is 5.97 Å². The number of hydrogen-bond donors (Lipinski definition) is 1. The Morgan fingerprint density at radius 3 is 2.72 bits per heavy atom. The lowest BCUT2D eigenvalue weighted by Crippen LogP contribution is -2.36. The zero-order valence-corrected chi connectivity index (χ0v) is 11.2. The molecule has 0 aromatic carbocycles. The number of rotatable bonds is 8. The fourth-order valence-corrected chi connectivity index (χ4v) is 3.85. The molecule has 0 aromatic rings. The van der Waals surface area contributed by atoms with Gasteiger partial charge in [0, 0.05) is 13.7 Å². The van der Waals surface area contributed by atoms with Crippen LogP contribution in [0, 0.1) is 17.3 Å². The molecule has 2 bridgehead atoms. The highest BCUT2D eigenvalue weighted by molar-refractivity contribution is 5.75. The maximum atomic E-state index is 11.6. The van der Waals surface area contributed by atoms with Crippen molar-refractivity contribution in [2.75, 3.05) is 26.9 Å². The number of fused-ring (bicyclic) bond motifs is 2. The Morgan fingerprint density at radius 1 is 1.33 bits per heavy atom. The quantitative estimate of drug-likeness (QED) is 0.677. The van der Waals surface area contributed by atoms with Gasteiger partial charge in [-0.3, -0.25) is 4.79 Å². The molecule has 0 radical (unpaired) electrons. The van der Waals surface area contributed by atoms with Gasteiger partial charge in [-0.25, -0.2) is 0 Å². The fourth-order valence-electron chi connectivity index (χ4n) is 3.85. The summed E-state index contributed by atoms with van der Waals surface area (Å²) in [5.41, 5.74) is -0.437. The van der Waals surface area contributed by atoms with Crippen LogP contribution in [0.25, 0.3) is 0 Å². The zero-order valence-electron chi connectivity index (χ0n) is 11.2. The average Bonchev–Trinajstić information content (AvgIpc) is 2.94. The number of carboxylic acid groups (broad SMARTS) is 1.